The van der Waals surface area contributed by atoms with Gasteiger partial charge in [0.15, 0.2) is 0 Å². The van der Waals surface area contributed by atoms with E-state index in [1.807, 2.05) is 13.0 Å². The van der Waals surface area contributed by atoms with Crippen molar-refractivity contribution in [2.24, 2.45) is 0 Å². The van der Waals surface area contributed by atoms with Crippen LogP contribution in [0, 0.1) is 0 Å². The Bertz CT molecular complexity index is 174. The van der Waals surface area contributed by atoms with Crippen molar-refractivity contribution < 1.29 is 9.09 Å². The van der Waals surface area contributed by atoms with Crippen LogP contribution in [0.1, 0.15) is 19.8 Å². The van der Waals surface area contributed by atoms with E-state index in [-0.39, 0.29) is 0 Å². The standard InChI is InChI=1S/C7H13O2P/c1-2-5-9-10(8)6-3-4-7-10/h3,6H,2,4-5,7H2,1H3. The molecule has 0 spiro atoms. The van der Waals surface area contributed by atoms with Gasteiger partial charge < -0.3 is 4.52 Å². The zero-order valence-electron chi connectivity index (χ0n) is 6.25. The molecule has 1 heterocycles. The van der Waals surface area contributed by atoms with Crippen LogP contribution >= 0.6 is 7.37 Å². The Morgan fingerprint density at radius 2 is 2.50 bits per heavy atom. The van der Waals surface area contributed by atoms with Gasteiger partial charge in [0.1, 0.15) is 0 Å². The molecule has 0 aromatic rings. The lowest BCUT2D eigenvalue weighted by molar-refractivity contribution is 0.320. The Balaban J connectivity index is 2.38. The van der Waals surface area contributed by atoms with Crippen LogP contribution in [0.25, 0.3) is 0 Å². The molecule has 0 saturated heterocycles. The first-order valence-corrected chi connectivity index (χ1v) is 5.56. The van der Waals surface area contributed by atoms with Gasteiger partial charge >= 0.3 is 0 Å². The van der Waals surface area contributed by atoms with Gasteiger partial charge in [-0.1, -0.05) is 13.0 Å². The van der Waals surface area contributed by atoms with Crippen LogP contribution in [0.5, 0.6) is 0 Å². The smallest absolute Gasteiger partial charge is 0.225 e. The summed E-state index contributed by atoms with van der Waals surface area (Å²) in [4.78, 5) is 0. The lowest BCUT2D eigenvalue weighted by Gasteiger charge is -2.08. The fourth-order valence-electron chi connectivity index (χ4n) is 0.918. The maximum absolute atomic E-state index is 11.5. The summed E-state index contributed by atoms with van der Waals surface area (Å²) in [6.45, 7) is 2.65. The van der Waals surface area contributed by atoms with Crippen LogP contribution in [0.2, 0.25) is 0 Å². The molecular weight excluding hydrogens is 147 g/mol. The van der Waals surface area contributed by atoms with Crippen LogP contribution in [0.15, 0.2) is 11.9 Å². The van der Waals surface area contributed by atoms with Gasteiger partial charge in [-0.15, -0.1) is 0 Å². The van der Waals surface area contributed by atoms with Crippen molar-refractivity contribution in [1.29, 1.82) is 0 Å². The molecule has 1 aliphatic rings. The fourth-order valence-corrected chi connectivity index (χ4v) is 2.75. The second-order valence-electron chi connectivity index (χ2n) is 2.46. The summed E-state index contributed by atoms with van der Waals surface area (Å²) < 4.78 is 16.7. The lowest BCUT2D eigenvalue weighted by atomic mass is 10.5. The number of hydrogen-bond acceptors (Lipinski definition) is 2. The quantitative estimate of drug-likeness (QED) is 0.593. The third-order valence-corrected chi connectivity index (χ3v) is 3.62. The van der Waals surface area contributed by atoms with Gasteiger partial charge in [0, 0.05) is 6.16 Å². The summed E-state index contributed by atoms with van der Waals surface area (Å²) in [5.74, 6) is 1.74. The summed E-state index contributed by atoms with van der Waals surface area (Å²) in [7, 11) is -2.27. The highest BCUT2D eigenvalue weighted by molar-refractivity contribution is 7.62. The molecule has 0 aliphatic carbocycles. The number of allylic oxidation sites excluding steroid dienone is 1. The van der Waals surface area contributed by atoms with Crippen molar-refractivity contribution in [3.8, 4) is 0 Å². The fraction of sp³-hybridized carbons (Fsp3) is 0.714. The van der Waals surface area contributed by atoms with E-state index in [9.17, 15) is 4.57 Å². The van der Waals surface area contributed by atoms with E-state index in [0.717, 1.165) is 12.8 Å². The first-order chi connectivity index (χ1) is 4.77. The minimum absolute atomic E-state index is 0.627. The molecule has 0 saturated carbocycles. The molecule has 58 valence electrons. The molecule has 1 rings (SSSR count). The van der Waals surface area contributed by atoms with Gasteiger partial charge in [0.05, 0.1) is 6.61 Å². The molecule has 2 nitrogen and oxygen atoms in total. The Morgan fingerprint density at radius 1 is 1.70 bits per heavy atom. The Morgan fingerprint density at radius 3 is 3.00 bits per heavy atom. The molecule has 0 bridgehead atoms. The molecule has 1 atom stereocenters. The molecule has 0 aromatic heterocycles. The van der Waals surface area contributed by atoms with E-state index in [1.165, 1.54) is 0 Å². The average Bonchev–Trinajstić information content (AvgIpc) is 2.33. The average molecular weight is 160 g/mol. The highest BCUT2D eigenvalue weighted by atomic mass is 31.2. The molecular formula is C7H13O2P. The number of rotatable bonds is 3. The molecule has 10 heavy (non-hydrogen) atoms. The number of hydrogen-bond donors (Lipinski definition) is 0. The van der Waals surface area contributed by atoms with Crippen LogP contribution in [0.4, 0.5) is 0 Å². The highest BCUT2D eigenvalue weighted by Gasteiger charge is 2.21. The maximum Gasteiger partial charge on any atom is 0.225 e. The topological polar surface area (TPSA) is 26.3 Å². The van der Waals surface area contributed by atoms with Crippen molar-refractivity contribution in [1.82, 2.24) is 0 Å². The van der Waals surface area contributed by atoms with Crippen LogP contribution in [-0.2, 0) is 9.09 Å². The van der Waals surface area contributed by atoms with Crippen LogP contribution < -0.4 is 0 Å². The van der Waals surface area contributed by atoms with E-state index in [2.05, 4.69) is 0 Å². The van der Waals surface area contributed by atoms with Crippen molar-refractivity contribution in [3.05, 3.63) is 11.9 Å². The molecule has 0 aromatic carbocycles. The summed E-state index contributed by atoms with van der Waals surface area (Å²) in [5.41, 5.74) is 0. The molecule has 0 N–H and O–H groups in total. The van der Waals surface area contributed by atoms with Crippen molar-refractivity contribution >= 4 is 7.37 Å². The summed E-state index contributed by atoms with van der Waals surface area (Å²) in [6, 6.07) is 0. The van der Waals surface area contributed by atoms with Crippen LogP contribution in [-0.4, -0.2) is 12.8 Å². The first-order valence-electron chi connectivity index (χ1n) is 3.68. The second kappa shape index (κ2) is 3.36. The van der Waals surface area contributed by atoms with E-state index >= 15 is 0 Å². The lowest BCUT2D eigenvalue weighted by Crippen LogP contribution is -1.89. The predicted molar refractivity (Wildman–Crippen MR) is 42.5 cm³/mol. The van der Waals surface area contributed by atoms with Gasteiger partial charge in [-0.3, -0.25) is 4.57 Å². The van der Waals surface area contributed by atoms with Gasteiger partial charge in [0.25, 0.3) is 0 Å². The highest BCUT2D eigenvalue weighted by Crippen LogP contribution is 2.52. The van der Waals surface area contributed by atoms with E-state index in [4.69, 9.17) is 4.52 Å². The molecule has 1 aliphatic heterocycles. The van der Waals surface area contributed by atoms with Gasteiger partial charge in [-0.2, -0.15) is 0 Å². The van der Waals surface area contributed by atoms with E-state index in [1.54, 1.807) is 5.82 Å². The van der Waals surface area contributed by atoms with Gasteiger partial charge in [-0.05, 0) is 18.7 Å². The van der Waals surface area contributed by atoms with E-state index in [0.29, 0.717) is 12.8 Å². The molecule has 0 amide bonds. The Kier molecular flexibility index (Phi) is 2.70. The normalized spacial score (nSPS) is 31.3. The Labute approximate surface area is 61.7 Å². The zero-order chi connectivity index (χ0) is 7.45. The molecule has 0 fully saturated rings. The second-order valence-corrected chi connectivity index (χ2v) is 4.91. The zero-order valence-corrected chi connectivity index (χ0v) is 7.14. The molecule has 3 heteroatoms. The largest absolute Gasteiger partial charge is 0.326 e. The minimum Gasteiger partial charge on any atom is -0.326 e. The van der Waals surface area contributed by atoms with Crippen molar-refractivity contribution in [2.75, 3.05) is 12.8 Å². The van der Waals surface area contributed by atoms with Gasteiger partial charge in [-0.25, -0.2) is 0 Å². The third kappa shape index (κ3) is 1.96. The Hall–Kier alpha value is -0.0700. The predicted octanol–water partition coefficient (Wildman–Crippen LogP) is 2.61. The molecule has 1 unspecified atom stereocenters. The summed E-state index contributed by atoms with van der Waals surface area (Å²) >= 11 is 0. The monoisotopic (exact) mass is 160 g/mol. The van der Waals surface area contributed by atoms with Gasteiger partial charge in [0.2, 0.25) is 7.37 Å². The summed E-state index contributed by atoms with van der Waals surface area (Å²) in [6.07, 6.45) is 4.52. The third-order valence-electron chi connectivity index (χ3n) is 1.45. The van der Waals surface area contributed by atoms with Crippen LogP contribution in [0.3, 0.4) is 0 Å². The maximum atomic E-state index is 11.5. The summed E-state index contributed by atoms with van der Waals surface area (Å²) in [5, 5.41) is 0. The van der Waals surface area contributed by atoms with Crippen molar-refractivity contribution in [2.45, 2.75) is 19.8 Å². The molecule has 0 radical (unpaired) electrons. The first kappa shape index (κ1) is 8.03. The minimum atomic E-state index is -2.27. The van der Waals surface area contributed by atoms with Crippen molar-refractivity contribution in [3.63, 3.8) is 0 Å². The SMILES string of the molecule is CCCOP1(=O)C=CCC1. The van der Waals surface area contributed by atoms with E-state index < -0.39 is 7.37 Å².